The molecule has 1 unspecified atom stereocenters. The summed E-state index contributed by atoms with van der Waals surface area (Å²) in [6, 6.07) is 23.7. The molecule has 3 nitrogen and oxygen atoms in total. The molecule has 170 valence electrons. The number of nitriles is 1. The zero-order chi connectivity index (χ0) is 23.6. The molecule has 33 heavy (non-hydrogen) atoms. The van der Waals surface area contributed by atoms with Gasteiger partial charge in [0.15, 0.2) is 0 Å². The monoisotopic (exact) mass is 439 g/mol. The van der Waals surface area contributed by atoms with E-state index in [2.05, 4.69) is 51.1 Å². The summed E-state index contributed by atoms with van der Waals surface area (Å²) in [6.07, 6.45) is 6.64. The molecule has 0 aliphatic heterocycles. The van der Waals surface area contributed by atoms with E-state index in [4.69, 9.17) is 4.74 Å². The average Bonchev–Trinajstić information content (AvgIpc) is 2.84. The lowest BCUT2D eigenvalue weighted by Crippen LogP contribution is -2.09. The molecule has 0 fully saturated rings. The third kappa shape index (κ3) is 6.80. The van der Waals surface area contributed by atoms with E-state index in [0.717, 1.165) is 42.4 Å². The molecule has 1 atom stereocenters. The molecule has 0 aromatic heterocycles. The zero-order valence-corrected chi connectivity index (χ0v) is 19.9. The molecule has 3 aromatic rings. The number of hydrogen-bond donors (Lipinski definition) is 0. The van der Waals surface area contributed by atoms with E-state index in [1.54, 1.807) is 18.2 Å². The van der Waals surface area contributed by atoms with Gasteiger partial charge in [-0.25, -0.2) is 4.79 Å². The molecule has 0 amide bonds. The number of ether oxygens (including phenoxy) is 1. The number of benzene rings is 3. The van der Waals surface area contributed by atoms with Crippen molar-refractivity contribution >= 4 is 5.97 Å². The molecular weight excluding hydrogens is 406 g/mol. The van der Waals surface area contributed by atoms with Gasteiger partial charge in [0.05, 0.1) is 11.1 Å². The van der Waals surface area contributed by atoms with E-state index in [1.807, 2.05) is 24.3 Å². The van der Waals surface area contributed by atoms with Gasteiger partial charge < -0.3 is 4.74 Å². The number of hydrogen-bond acceptors (Lipinski definition) is 3. The minimum Gasteiger partial charge on any atom is -0.422 e. The second kappa shape index (κ2) is 12.0. The van der Waals surface area contributed by atoms with Gasteiger partial charge in [0.2, 0.25) is 0 Å². The summed E-state index contributed by atoms with van der Waals surface area (Å²) >= 11 is 0. The molecule has 0 aliphatic carbocycles. The van der Waals surface area contributed by atoms with Gasteiger partial charge in [-0.15, -0.1) is 0 Å². The Morgan fingerprint density at radius 3 is 2.15 bits per heavy atom. The van der Waals surface area contributed by atoms with Crippen LogP contribution in [0.1, 0.15) is 73.5 Å². The summed E-state index contributed by atoms with van der Waals surface area (Å²) in [5.74, 6) is 0.541. The van der Waals surface area contributed by atoms with Crippen molar-refractivity contribution in [3.8, 4) is 22.9 Å². The van der Waals surface area contributed by atoms with E-state index in [1.165, 1.54) is 18.4 Å². The minimum atomic E-state index is -0.459. The van der Waals surface area contributed by atoms with E-state index in [0.29, 0.717) is 22.8 Å². The molecule has 0 saturated carbocycles. The van der Waals surface area contributed by atoms with Gasteiger partial charge >= 0.3 is 5.97 Å². The molecular formula is C30H33NO2. The van der Waals surface area contributed by atoms with Crippen LogP contribution >= 0.6 is 0 Å². The van der Waals surface area contributed by atoms with Gasteiger partial charge in [0, 0.05) is 0 Å². The molecule has 0 heterocycles. The van der Waals surface area contributed by atoms with Crippen molar-refractivity contribution in [2.45, 2.75) is 59.3 Å². The highest BCUT2D eigenvalue weighted by Gasteiger charge is 2.13. The van der Waals surface area contributed by atoms with Gasteiger partial charge in [0.1, 0.15) is 11.8 Å². The van der Waals surface area contributed by atoms with Crippen LogP contribution in [-0.2, 0) is 12.8 Å². The number of carbonyl (C=O) groups is 1. The molecule has 0 spiro atoms. The summed E-state index contributed by atoms with van der Waals surface area (Å²) < 4.78 is 5.54. The van der Waals surface area contributed by atoms with Crippen molar-refractivity contribution in [1.29, 1.82) is 5.26 Å². The largest absolute Gasteiger partial charge is 0.422 e. The summed E-state index contributed by atoms with van der Waals surface area (Å²) in [5.41, 5.74) is 5.47. The van der Waals surface area contributed by atoms with Crippen LogP contribution in [0.15, 0.2) is 66.7 Å². The van der Waals surface area contributed by atoms with Crippen molar-refractivity contribution in [2.75, 3.05) is 0 Å². The molecule has 0 aliphatic rings. The Labute approximate surface area is 198 Å². The first-order valence-corrected chi connectivity index (χ1v) is 12.0. The third-order valence-electron chi connectivity index (χ3n) is 5.96. The number of carbonyl (C=O) groups excluding carboxylic acids is 1. The lowest BCUT2D eigenvalue weighted by molar-refractivity contribution is 0.0734. The quantitative estimate of drug-likeness (QED) is 0.239. The van der Waals surface area contributed by atoms with E-state index < -0.39 is 5.97 Å². The fourth-order valence-corrected chi connectivity index (χ4v) is 4.08. The van der Waals surface area contributed by atoms with Crippen molar-refractivity contribution in [2.24, 2.45) is 5.92 Å². The predicted octanol–water partition coefficient (Wildman–Crippen LogP) is 7.77. The van der Waals surface area contributed by atoms with Crippen LogP contribution in [0.3, 0.4) is 0 Å². The summed E-state index contributed by atoms with van der Waals surface area (Å²) in [5, 5.41) is 9.47. The van der Waals surface area contributed by atoms with Gasteiger partial charge in [0.25, 0.3) is 0 Å². The Morgan fingerprint density at radius 1 is 0.909 bits per heavy atom. The lowest BCUT2D eigenvalue weighted by atomic mass is 9.95. The molecule has 3 rings (SSSR count). The van der Waals surface area contributed by atoms with E-state index >= 15 is 0 Å². The van der Waals surface area contributed by atoms with Gasteiger partial charge in [-0.1, -0.05) is 82.5 Å². The highest BCUT2D eigenvalue weighted by Crippen LogP contribution is 2.24. The maximum atomic E-state index is 12.7. The second-order valence-corrected chi connectivity index (χ2v) is 8.81. The van der Waals surface area contributed by atoms with E-state index in [9.17, 15) is 10.1 Å². The Balaban J connectivity index is 1.66. The summed E-state index contributed by atoms with van der Waals surface area (Å²) in [7, 11) is 0. The first-order chi connectivity index (χ1) is 16.0. The van der Waals surface area contributed by atoms with Crippen LogP contribution in [-0.4, -0.2) is 5.97 Å². The van der Waals surface area contributed by atoms with E-state index in [-0.39, 0.29) is 0 Å². The van der Waals surface area contributed by atoms with Crippen molar-refractivity contribution < 1.29 is 9.53 Å². The van der Waals surface area contributed by atoms with Gasteiger partial charge in [-0.2, -0.15) is 5.26 Å². The molecule has 3 heteroatoms. The van der Waals surface area contributed by atoms with Crippen LogP contribution in [0, 0.1) is 17.2 Å². The molecule has 0 bridgehead atoms. The number of unbranched alkanes of at least 4 members (excludes halogenated alkanes) is 1. The third-order valence-corrected chi connectivity index (χ3v) is 5.96. The van der Waals surface area contributed by atoms with Crippen LogP contribution in [0.2, 0.25) is 0 Å². The minimum absolute atomic E-state index is 0.305. The number of aryl methyl sites for hydroxylation is 1. The summed E-state index contributed by atoms with van der Waals surface area (Å²) in [6.45, 7) is 6.66. The normalized spacial score (nSPS) is 11.6. The Morgan fingerprint density at radius 2 is 1.55 bits per heavy atom. The smallest absolute Gasteiger partial charge is 0.343 e. The number of esters is 1. The fourth-order valence-electron chi connectivity index (χ4n) is 4.08. The standard InChI is InChI=1S/C30H33NO2/c1-4-6-8-23-11-18-29(28(20-23)21-31)33-30(32)27-16-14-26(15-17-27)25-12-9-24(10-13-25)19-22(3)7-5-2/h9-18,20,22H,4-8,19H2,1-3H3. The van der Waals surface area contributed by atoms with Gasteiger partial charge in [-0.3, -0.25) is 0 Å². The van der Waals surface area contributed by atoms with Crippen molar-refractivity contribution in [3.63, 3.8) is 0 Å². The van der Waals surface area contributed by atoms with Crippen molar-refractivity contribution in [1.82, 2.24) is 0 Å². The average molecular weight is 440 g/mol. The molecule has 0 saturated heterocycles. The zero-order valence-electron chi connectivity index (χ0n) is 19.9. The fraction of sp³-hybridized carbons (Fsp3) is 0.333. The first-order valence-electron chi connectivity index (χ1n) is 12.0. The molecule has 3 aromatic carbocycles. The highest BCUT2D eigenvalue weighted by atomic mass is 16.5. The Bertz CT molecular complexity index is 1090. The maximum Gasteiger partial charge on any atom is 0.343 e. The van der Waals surface area contributed by atoms with Crippen molar-refractivity contribution in [3.05, 3.63) is 89.0 Å². The maximum absolute atomic E-state index is 12.7. The van der Waals surface area contributed by atoms with Crippen LogP contribution in [0.5, 0.6) is 5.75 Å². The topological polar surface area (TPSA) is 50.1 Å². The SMILES string of the molecule is CCCCc1ccc(OC(=O)c2ccc(-c3ccc(CC(C)CCC)cc3)cc2)c(C#N)c1. The molecule has 0 N–H and O–H groups in total. The number of rotatable bonds is 10. The van der Waals surface area contributed by atoms with Gasteiger partial charge in [-0.05, 0) is 71.7 Å². The lowest BCUT2D eigenvalue weighted by Gasteiger charge is -2.11. The second-order valence-electron chi connectivity index (χ2n) is 8.81. The highest BCUT2D eigenvalue weighted by molar-refractivity contribution is 5.92. The predicted molar refractivity (Wildman–Crippen MR) is 134 cm³/mol. The number of nitrogens with zero attached hydrogens (tertiary/aromatic N) is 1. The summed E-state index contributed by atoms with van der Waals surface area (Å²) in [4.78, 5) is 12.7. The first kappa shape index (κ1) is 24.3. The van der Waals surface area contributed by atoms with Crippen LogP contribution in [0.4, 0.5) is 0 Å². The van der Waals surface area contributed by atoms with Crippen LogP contribution in [0.25, 0.3) is 11.1 Å². The Kier molecular flexibility index (Phi) is 8.84. The van der Waals surface area contributed by atoms with Crippen LogP contribution < -0.4 is 4.74 Å². The molecule has 0 radical (unpaired) electrons. The Hall–Kier alpha value is -3.38.